The van der Waals surface area contributed by atoms with Crippen molar-refractivity contribution < 1.29 is 0 Å². The molecule has 1 aromatic rings. The highest BCUT2D eigenvalue weighted by molar-refractivity contribution is 14.1. The van der Waals surface area contributed by atoms with Crippen LogP contribution < -0.4 is 10.9 Å². The van der Waals surface area contributed by atoms with E-state index in [1.54, 1.807) is 0 Å². The second-order valence-electron chi connectivity index (χ2n) is 3.07. The average Bonchev–Trinajstić information content (AvgIpc) is 2.53. The molecule has 2 atom stereocenters. The molecular formula is C9H10ClIN2. The Morgan fingerprint density at radius 3 is 2.54 bits per heavy atom. The number of hydrogen-bond acceptors (Lipinski definition) is 2. The van der Waals surface area contributed by atoms with Gasteiger partial charge in [0.2, 0.25) is 0 Å². The van der Waals surface area contributed by atoms with Crippen LogP contribution in [0.3, 0.4) is 0 Å². The lowest BCUT2D eigenvalue weighted by molar-refractivity contribution is 0.583. The highest BCUT2D eigenvalue weighted by Crippen LogP contribution is 2.23. The van der Waals surface area contributed by atoms with Crippen LogP contribution in [0.15, 0.2) is 24.3 Å². The van der Waals surface area contributed by atoms with Crippen molar-refractivity contribution in [1.82, 2.24) is 10.9 Å². The van der Waals surface area contributed by atoms with E-state index in [0.717, 1.165) is 6.54 Å². The molecule has 0 amide bonds. The maximum absolute atomic E-state index is 6.13. The van der Waals surface area contributed by atoms with Gasteiger partial charge in [-0.05, 0) is 40.3 Å². The maximum atomic E-state index is 6.13. The van der Waals surface area contributed by atoms with Gasteiger partial charge in [0.25, 0.3) is 0 Å². The van der Waals surface area contributed by atoms with Gasteiger partial charge in [-0.2, -0.15) is 0 Å². The zero-order chi connectivity index (χ0) is 9.26. The second kappa shape index (κ2) is 4.13. The summed E-state index contributed by atoms with van der Waals surface area (Å²) >= 11 is 8.42. The van der Waals surface area contributed by atoms with E-state index in [-0.39, 0.29) is 11.4 Å². The Kier molecular flexibility index (Phi) is 3.08. The van der Waals surface area contributed by atoms with Crippen LogP contribution in [0.25, 0.3) is 0 Å². The van der Waals surface area contributed by atoms with Crippen LogP contribution in [0.2, 0.25) is 0 Å². The molecule has 2 rings (SSSR count). The summed E-state index contributed by atoms with van der Waals surface area (Å²) in [5, 5.41) is 0.139. The summed E-state index contributed by atoms with van der Waals surface area (Å²) in [6.07, 6.45) is 0. The Hall–Kier alpha value is 0.160. The molecule has 1 aromatic carbocycles. The van der Waals surface area contributed by atoms with Crippen LogP contribution in [0.5, 0.6) is 0 Å². The molecule has 2 N–H and O–H groups in total. The van der Waals surface area contributed by atoms with Crippen LogP contribution in [-0.2, 0) is 0 Å². The molecule has 0 spiro atoms. The zero-order valence-corrected chi connectivity index (χ0v) is 9.84. The third kappa shape index (κ3) is 2.15. The van der Waals surface area contributed by atoms with Crippen LogP contribution in [0, 0.1) is 3.57 Å². The Morgan fingerprint density at radius 2 is 2.00 bits per heavy atom. The van der Waals surface area contributed by atoms with E-state index in [1.165, 1.54) is 9.13 Å². The van der Waals surface area contributed by atoms with Crippen LogP contribution in [0.4, 0.5) is 0 Å². The Morgan fingerprint density at radius 1 is 1.31 bits per heavy atom. The van der Waals surface area contributed by atoms with E-state index in [4.69, 9.17) is 11.6 Å². The van der Waals surface area contributed by atoms with Crippen molar-refractivity contribution in [2.45, 2.75) is 11.4 Å². The first-order valence-corrected chi connectivity index (χ1v) is 5.67. The summed E-state index contributed by atoms with van der Waals surface area (Å²) in [6, 6.07) is 8.65. The third-order valence-corrected chi connectivity index (χ3v) is 3.27. The van der Waals surface area contributed by atoms with Crippen LogP contribution in [0.1, 0.15) is 11.6 Å². The van der Waals surface area contributed by atoms with Gasteiger partial charge in [0, 0.05) is 10.1 Å². The van der Waals surface area contributed by atoms with Crippen molar-refractivity contribution in [2.75, 3.05) is 6.54 Å². The monoisotopic (exact) mass is 308 g/mol. The lowest BCUT2D eigenvalue weighted by Gasteiger charge is -2.12. The first-order valence-electron chi connectivity index (χ1n) is 4.15. The van der Waals surface area contributed by atoms with Gasteiger partial charge in [0.15, 0.2) is 0 Å². The number of hydrogen-bond donors (Lipinski definition) is 2. The first kappa shape index (κ1) is 9.71. The fourth-order valence-electron chi connectivity index (χ4n) is 1.44. The molecule has 0 saturated carbocycles. The van der Waals surface area contributed by atoms with Gasteiger partial charge in [0.05, 0.1) is 11.4 Å². The molecule has 1 fully saturated rings. The van der Waals surface area contributed by atoms with Gasteiger partial charge in [0.1, 0.15) is 0 Å². The molecule has 0 aromatic heterocycles. The van der Waals surface area contributed by atoms with Crippen LogP contribution in [-0.4, -0.2) is 11.9 Å². The number of benzene rings is 1. The van der Waals surface area contributed by atoms with E-state index >= 15 is 0 Å². The molecule has 1 aliphatic rings. The SMILES string of the molecule is ClC1CNNC1c1ccc(I)cc1. The van der Waals surface area contributed by atoms with Gasteiger partial charge in [-0.25, -0.2) is 5.43 Å². The number of nitrogens with one attached hydrogen (secondary N) is 2. The van der Waals surface area contributed by atoms with Crippen molar-refractivity contribution >= 4 is 34.2 Å². The minimum absolute atomic E-state index is 0.139. The molecule has 4 heteroatoms. The van der Waals surface area contributed by atoms with Gasteiger partial charge in [-0.15, -0.1) is 11.6 Å². The molecule has 1 heterocycles. The van der Waals surface area contributed by atoms with Gasteiger partial charge in [-0.1, -0.05) is 12.1 Å². The summed E-state index contributed by atoms with van der Waals surface area (Å²) in [4.78, 5) is 0. The molecule has 2 unspecified atom stereocenters. The molecule has 1 aliphatic heterocycles. The second-order valence-corrected chi connectivity index (χ2v) is 4.88. The average molecular weight is 309 g/mol. The number of rotatable bonds is 1. The van der Waals surface area contributed by atoms with E-state index in [0.29, 0.717) is 0 Å². The predicted octanol–water partition coefficient (Wildman–Crippen LogP) is 2.05. The summed E-state index contributed by atoms with van der Waals surface area (Å²) in [5.74, 6) is 0. The van der Waals surface area contributed by atoms with Gasteiger partial charge < -0.3 is 0 Å². The van der Waals surface area contributed by atoms with E-state index in [9.17, 15) is 0 Å². The lowest BCUT2D eigenvalue weighted by Crippen LogP contribution is -2.25. The standard InChI is InChI=1S/C9H10ClIN2/c10-8-5-12-13-9(8)6-1-3-7(11)4-2-6/h1-4,8-9,12-13H,5H2. The third-order valence-electron chi connectivity index (χ3n) is 2.15. The molecule has 1 saturated heterocycles. The zero-order valence-electron chi connectivity index (χ0n) is 6.93. The summed E-state index contributed by atoms with van der Waals surface area (Å²) in [5.41, 5.74) is 7.45. The van der Waals surface area contributed by atoms with E-state index < -0.39 is 0 Å². The normalized spacial score (nSPS) is 27.8. The summed E-state index contributed by atoms with van der Waals surface area (Å²) < 4.78 is 1.25. The Bertz CT molecular complexity index is 288. The smallest absolute Gasteiger partial charge is 0.0682 e. The van der Waals surface area contributed by atoms with Crippen molar-refractivity contribution in [2.24, 2.45) is 0 Å². The van der Waals surface area contributed by atoms with E-state index in [2.05, 4.69) is 57.7 Å². The minimum Gasteiger partial charge on any atom is -0.256 e. The van der Waals surface area contributed by atoms with Crippen molar-refractivity contribution in [1.29, 1.82) is 0 Å². The topological polar surface area (TPSA) is 24.1 Å². The maximum Gasteiger partial charge on any atom is 0.0682 e. The largest absolute Gasteiger partial charge is 0.256 e. The minimum atomic E-state index is 0.139. The summed E-state index contributed by atoms with van der Waals surface area (Å²) in [6.45, 7) is 0.818. The van der Waals surface area contributed by atoms with Crippen LogP contribution >= 0.6 is 34.2 Å². The lowest BCUT2D eigenvalue weighted by atomic mass is 10.1. The van der Waals surface area contributed by atoms with Gasteiger partial charge >= 0.3 is 0 Å². The van der Waals surface area contributed by atoms with Crippen molar-refractivity contribution in [3.63, 3.8) is 0 Å². The first-order chi connectivity index (χ1) is 6.27. The molecule has 0 bridgehead atoms. The predicted molar refractivity (Wildman–Crippen MR) is 62.7 cm³/mol. The quantitative estimate of drug-likeness (QED) is 0.613. The van der Waals surface area contributed by atoms with E-state index in [1.807, 2.05) is 0 Å². The Labute approximate surface area is 96.2 Å². The Balaban J connectivity index is 2.20. The fraction of sp³-hybridized carbons (Fsp3) is 0.333. The molecule has 70 valence electrons. The summed E-state index contributed by atoms with van der Waals surface area (Å²) in [7, 11) is 0. The highest BCUT2D eigenvalue weighted by Gasteiger charge is 2.25. The molecular weight excluding hydrogens is 298 g/mol. The number of alkyl halides is 1. The number of hydrazine groups is 1. The number of halogens is 2. The highest BCUT2D eigenvalue weighted by atomic mass is 127. The van der Waals surface area contributed by atoms with Crippen molar-refractivity contribution in [3.05, 3.63) is 33.4 Å². The van der Waals surface area contributed by atoms with Gasteiger partial charge in [-0.3, -0.25) is 5.43 Å². The molecule has 13 heavy (non-hydrogen) atoms. The molecule has 0 radical (unpaired) electrons. The van der Waals surface area contributed by atoms with Crippen molar-refractivity contribution in [3.8, 4) is 0 Å². The fourth-order valence-corrected chi connectivity index (χ4v) is 2.08. The molecule has 0 aliphatic carbocycles. The molecule has 2 nitrogen and oxygen atoms in total.